The Kier molecular flexibility index (Phi) is 6.63. The van der Waals surface area contributed by atoms with Gasteiger partial charge in [0.15, 0.2) is 0 Å². The molecule has 0 aromatic heterocycles. The van der Waals surface area contributed by atoms with Crippen molar-refractivity contribution in [2.45, 2.75) is 20.0 Å². The lowest BCUT2D eigenvalue weighted by Crippen LogP contribution is -2.14. The van der Waals surface area contributed by atoms with Gasteiger partial charge in [-0.1, -0.05) is 62.0 Å². The number of thioether (sulfide) groups is 1. The number of carbonyl (C=O) groups is 2. The molecule has 1 saturated carbocycles. The third-order valence-corrected chi connectivity index (χ3v) is 5.83. The zero-order chi connectivity index (χ0) is 21.7. The summed E-state index contributed by atoms with van der Waals surface area (Å²) in [6, 6.07) is 18.3. The molecule has 0 radical (unpaired) electrons. The van der Waals surface area contributed by atoms with E-state index in [-0.39, 0.29) is 22.4 Å². The second-order valence-corrected chi connectivity index (χ2v) is 8.45. The zero-order valence-electron chi connectivity index (χ0n) is 17.1. The Balaban J connectivity index is 1.69. The highest BCUT2D eigenvalue weighted by atomic mass is 32.2. The molecule has 1 fully saturated rings. The molecule has 0 saturated heterocycles. The monoisotopic (exact) mass is 421 g/mol. The van der Waals surface area contributed by atoms with E-state index in [2.05, 4.69) is 6.07 Å². The van der Waals surface area contributed by atoms with Crippen LogP contribution in [0.4, 0.5) is 0 Å². The quantitative estimate of drug-likeness (QED) is 0.446. The van der Waals surface area contributed by atoms with Gasteiger partial charge < -0.3 is 9.47 Å². The first-order valence-electron chi connectivity index (χ1n) is 9.56. The Morgan fingerprint density at radius 3 is 2.50 bits per heavy atom. The van der Waals surface area contributed by atoms with Crippen molar-refractivity contribution in [3.8, 4) is 17.6 Å². The minimum absolute atomic E-state index is 0.0602. The first-order chi connectivity index (χ1) is 14.4. The lowest BCUT2D eigenvalue weighted by Gasteiger charge is -2.13. The van der Waals surface area contributed by atoms with Gasteiger partial charge in [-0.15, -0.1) is 0 Å². The second-order valence-electron chi connectivity index (χ2n) is 7.64. The smallest absolute Gasteiger partial charge is 0.311 e. The van der Waals surface area contributed by atoms with Crippen LogP contribution in [0.3, 0.4) is 0 Å². The molecule has 0 unspecified atom stereocenters. The Morgan fingerprint density at radius 1 is 1.13 bits per heavy atom. The van der Waals surface area contributed by atoms with Gasteiger partial charge in [0.2, 0.25) is 11.2 Å². The molecule has 5 nitrogen and oxygen atoms in total. The molecule has 2 aromatic carbocycles. The van der Waals surface area contributed by atoms with E-state index >= 15 is 0 Å². The lowest BCUT2D eigenvalue weighted by atomic mass is 10.1. The van der Waals surface area contributed by atoms with Crippen LogP contribution < -0.4 is 4.74 Å². The largest absolute Gasteiger partial charge is 0.457 e. The normalized spacial score (nSPS) is 20.2. The second kappa shape index (κ2) is 9.19. The first-order valence-corrected chi connectivity index (χ1v) is 10.8. The van der Waals surface area contributed by atoms with Crippen molar-refractivity contribution < 1.29 is 19.1 Å². The highest BCUT2D eigenvalue weighted by molar-refractivity contribution is 8.13. The van der Waals surface area contributed by atoms with Crippen LogP contribution in [0.25, 0.3) is 0 Å². The van der Waals surface area contributed by atoms with Crippen LogP contribution in [0.2, 0.25) is 0 Å². The summed E-state index contributed by atoms with van der Waals surface area (Å²) in [7, 11) is 0. The van der Waals surface area contributed by atoms with Crippen LogP contribution in [-0.4, -0.2) is 17.3 Å². The number of esters is 1. The van der Waals surface area contributed by atoms with Gasteiger partial charge in [-0.2, -0.15) is 5.26 Å². The van der Waals surface area contributed by atoms with Crippen molar-refractivity contribution in [3.05, 3.63) is 72.3 Å². The van der Waals surface area contributed by atoms with Crippen LogP contribution >= 0.6 is 11.8 Å². The molecule has 0 spiro atoms. The van der Waals surface area contributed by atoms with E-state index in [0.717, 1.165) is 11.8 Å². The van der Waals surface area contributed by atoms with Gasteiger partial charge in [0, 0.05) is 5.56 Å². The number of allylic oxidation sites excluding steroid dienone is 1. The maximum atomic E-state index is 12.7. The standard InChI is InChI=1S/C24H23NO4S/c1-24(2)19(12-13-21(26)30-3)22(24)23(27)29-20(15-25)16-8-7-11-18(14-16)28-17-9-5-4-6-10-17/h4-14,19-20,22H,1-3H3/t19-,20+,22-/m0/s1. The number of nitrogens with zero attached hydrogens (tertiary/aromatic N) is 1. The summed E-state index contributed by atoms with van der Waals surface area (Å²) in [6.45, 7) is 3.90. The molecule has 1 aliphatic carbocycles. The number of hydrogen-bond acceptors (Lipinski definition) is 6. The molecular weight excluding hydrogens is 398 g/mol. The van der Waals surface area contributed by atoms with Crippen LogP contribution in [-0.2, 0) is 14.3 Å². The summed E-state index contributed by atoms with van der Waals surface area (Å²) in [6.07, 6.45) is 3.94. The van der Waals surface area contributed by atoms with Gasteiger partial charge >= 0.3 is 5.97 Å². The fraction of sp³-hybridized carbons (Fsp3) is 0.292. The van der Waals surface area contributed by atoms with Gasteiger partial charge in [-0.3, -0.25) is 9.59 Å². The fourth-order valence-electron chi connectivity index (χ4n) is 3.46. The Labute approximate surface area is 180 Å². The van der Waals surface area contributed by atoms with E-state index in [9.17, 15) is 14.9 Å². The average Bonchev–Trinajstić information content (AvgIpc) is 3.31. The van der Waals surface area contributed by atoms with Gasteiger partial charge in [-0.05, 0) is 47.9 Å². The van der Waals surface area contributed by atoms with Crippen molar-refractivity contribution in [2.24, 2.45) is 17.3 Å². The number of benzene rings is 2. The summed E-state index contributed by atoms with van der Waals surface area (Å²) < 4.78 is 11.3. The molecule has 0 amide bonds. The van der Waals surface area contributed by atoms with Crippen molar-refractivity contribution in [1.82, 2.24) is 0 Å². The SMILES string of the molecule is CSC(=O)C=C[C@H]1[C@@H](C(=O)O[C@H](C#N)c2cccc(Oc3ccccc3)c2)C1(C)C. The van der Waals surface area contributed by atoms with Gasteiger partial charge in [0.25, 0.3) is 0 Å². The Hall–Kier alpha value is -3.04. The van der Waals surface area contributed by atoms with E-state index in [0.29, 0.717) is 17.1 Å². The fourth-order valence-corrected chi connectivity index (χ4v) is 3.68. The van der Waals surface area contributed by atoms with E-state index < -0.39 is 12.1 Å². The van der Waals surface area contributed by atoms with Gasteiger partial charge in [-0.25, -0.2) is 0 Å². The minimum Gasteiger partial charge on any atom is -0.457 e. The molecule has 0 aliphatic heterocycles. The predicted molar refractivity (Wildman–Crippen MR) is 116 cm³/mol. The topological polar surface area (TPSA) is 76.4 Å². The molecule has 0 N–H and O–H groups in total. The predicted octanol–water partition coefficient (Wildman–Crippen LogP) is 5.30. The number of ether oxygens (including phenoxy) is 2. The molecule has 0 heterocycles. The number of para-hydroxylation sites is 1. The molecule has 0 bridgehead atoms. The highest BCUT2D eigenvalue weighted by Gasteiger charge is 2.61. The van der Waals surface area contributed by atoms with Crippen LogP contribution in [0, 0.1) is 28.6 Å². The number of nitriles is 1. The number of hydrogen-bond donors (Lipinski definition) is 0. The lowest BCUT2D eigenvalue weighted by molar-refractivity contribution is -0.149. The van der Waals surface area contributed by atoms with Crippen LogP contribution in [0.15, 0.2) is 66.7 Å². The number of carbonyl (C=O) groups excluding carboxylic acids is 2. The van der Waals surface area contributed by atoms with Crippen LogP contribution in [0.5, 0.6) is 11.5 Å². The molecule has 3 atom stereocenters. The maximum Gasteiger partial charge on any atom is 0.311 e. The molecular formula is C24H23NO4S. The molecule has 154 valence electrons. The Morgan fingerprint density at radius 2 is 1.83 bits per heavy atom. The van der Waals surface area contributed by atoms with Crippen LogP contribution in [0.1, 0.15) is 25.5 Å². The van der Waals surface area contributed by atoms with Crippen molar-refractivity contribution in [2.75, 3.05) is 6.26 Å². The third kappa shape index (κ3) is 4.92. The summed E-state index contributed by atoms with van der Waals surface area (Å²) in [5, 5.41) is 9.53. The number of rotatable bonds is 7. The summed E-state index contributed by atoms with van der Waals surface area (Å²) in [5.41, 5.74) is 0.229. The van der Waals surface area contributed by atoms with Gasteiger partial charge in [0.1, 0.15) is 17.6 Å². The van der Waals surface area contributed by atoms with E-state index in [1.54, 1.807) is 36.6 Å². The highest BCUT2D eigenvalue weighted by Crippen LogP contribution is 2.59. The van der Waals surface area contributed by atoms with E-state index in [1.807, 2.05) is 44.2 Å². The summed E-state index contributed by atoms with van der Waals surface area (Å²) in [4.78, 5) is 24.2. The molecule has 1 aliphatic rings. The first kappa shape index (κ1) is 21.7. The van der Waals surface area contributed by atoms with E-state index in [4.69, 9.17) is 9.47 Å². The van der Waals surface area contributed by atoms with Crippen molar-refractivity contribution in [3.63, 3.8) is 0 Å². The van der Waals surface area contributed by atoms with Crippen molar-refractivity contribution in [1.29, 1.82) is 5.26 Å². The molecule has 2 aromatic rings. The third-order valence-electron chi connectivity index (χ3n) is 5.30. The zero-order valence-corrected chi connectivity index (χ0v) is 17.9. The van der Waals surface area contributed by atoms with Crippen molar-refractivity contribution >= 4 is 22.8 Å². The maximum absolute atomic E-state index is 12.7. The summed E-state index contributed by atoms with van der Waals surface area (Å²) >= 11 is 1.12. The Bertz CT molecular complexity index is 994. The molecule has 6 heteroatoms. The average molecular weight is 422 g/mol. The minimum atomic E-state index is -1.04. The van der Waals surface area contributed by atoms with Gasteiger partial charge in [0.05, 0.1) is 5.92 Å². The molecule has 30 heavy (non-hydrogen) atoms. The van der Waals surface area contributed by atoms with E-state index in [1.165, 1.54) is 6.08 Å². The summed E-state index contributed by atoms with van der Waals surface area (Å²) in [5.74, 6) is 0.316. The molecule has 3 rings (SSSR count).